The summed E-state index contributed by atoms with van der Waals surface area (Å²) in [6.45, 7) is 1.22. The van der Waals surface area contributed by atoms with Crippen LogP contribution in [0.25, 0.3) is 0 Å². The number of carbonyl (C=O) groups excluding carboxylic acids is 1. The maximum atomic E-state index is 12.3. The Balaban J connectivity index is 0.00000625. The topological polar surface area (TPSA) is 66.0 Å². The average molecular weight is 488 g/mol. The Morgan fingerprint density at radius 3 is 2.50 bits per heavy atom. The van der Waals surface area contributed by atoms with Crippen molar-refractivity contribution in [2.75, 3.05) is 33.8 Å². The summed E-state index contributed by atoms with van der Waals surface area (Å²) < 4.78 is 42.3. The molecule has 0 aliphatic carbocycles. The lowest BCUT2D eigenvalue weighted by Gasteiger charge is -2.20. The number of alkyl halides is 3. The Morgan fingerprint density at radius 1 is 1.27 bits per heavy atom. The molecule has 1 aromatic rings. The average Bonchev–Trinajstić information content (AvgIpc) is 2.54. The van der Waals surface area contributed by atoms with Gasteiger partial charge in [0, 0.05) is 26.2 Å². The van der Waals surface area contributed by atoms with Crippen molar-refractivity contribution >= 4 is 35.8 Å². The molecular weight excluding hydrogens is 464 g/mol. The van der Waals surface area contributed by atoms with Crippen LogP contribution in [-0.4, -0.2) is 56.7 Å². The summed E-state index contributed by atoms with van der Waals surface area (Å²) in [5.41, 5.74) is 0.896. The van der Waals surface area contributed by atoms with Gasteiger partial charge in [-0.15, -0.1) is 24.0 Å². The number of hydrogen-bond acceptors (Lipinski definition) is 3. The van der Waals surface area contributed by atoms with Crippen molar-refractivity contribution in [1.29, 1.82) is 0 Å². The first kappa shape index (κ1) is 24.3. The highest BCUT2D eigenvalue weighted by Crippen LogP contribution is 2.17. The zero-order valence-electron chi connectivity index (χ0n) is 14.9. The summed E-state index contributed by atoms with van der Waals surface area (Å²) in [7, 11) is 2.61. The summed E-state index contributed by atoms with van der Waals surface area (Å²) in [5, 5.41) is 5.69. The van der Waals surface area contributed by atoms with Gasteiger partial charge in [-0.2, -0.15) is 13.2 Å². The van der Waals surface area contributed by atoms with E-state index < -0.39 is 18.6 Å². The molecule has 0 aliphatic heterocycles. The summed E-state index contributed by atoms with van der Waals surface area (Å²) in [6, 6.07) is 7.45. The number of carbonyl (C=O) groups is 1. The Morgan fingerprint density at radius 2 is 1.92 bits per heavy atom. The van der Waals surface area contributed by atoms with Gasteiger partial charge in [0.2, 0.25) is 5.91 Å². The normalized spacial score (nSPS) is 11.4. The molecule has 1 amide bonds. The third kappa shape index (κ3) is 9.11. The minimum atomic E-state index is -4.42. The predicted molar refractivity (Wildman–Crippen MR) is 105 cm³/mol. The monoisotopic (exact) mass is 488 g/mol. The molecule has 0 saturated heterocycles. The first-order valence-corrected chi connectivity index (χ1v) is 7.72. The second-order valence-corrected chi connectivity index (χ2v) is 5.19. The lowest BCUT2D eigenvalue weighted by Crippen LogP contribution is -2.45. The number of amides is 1. The van der Waals surface area contributed by atoms with Crippen molar-refractivity contribution in [3.05, 3.63) is 29.8 Å². The van der Waals surface area contributed by atoms with Gasteiger partial charge < -0.3 is 20.3 Å². The molecule has 1 rings (SSSR count). The number of likely N-dealkylation sites (N-methyl/N-ethyl adjacent to an activating group) is 1. The van der Waals surface area contributed by atoms with Crippen LogP contribution in [0.5, 0.6) is 5.75 Å². The maximum Gasteiger partial charge on any atom is 0.406 e. The van der Waals surface area contributed by atoms with E-state index in [1.54, 1.807) is 0 Å². The van der Waals surface area contributed by atoms with Crippen LogP contribution in [0.1, 0.15) is 12.5 Å². The van der Waals surface area contributed by atoms with Gasteiger partial charge in [-0.05, 0) is 13.0 Å². The first-order valence-electron chi connectivity index (χ1n) is 7.72. The van der Waals surface area contributed by atoms with Gasteiger partial charge in [0.25, 0.3) is 0 Å². The molecule has 10 heteroatoms. The Labute approximate surface area is 168 Å². The van der Waals surface area contributed by atoms with Crippen LogP contribution in [0.3, 0.4) is 0 Å². The van der Waals surface area contributed by atoms with Crippen molar-refractivity contribution < 1.29 is 22.7 Å². The maximum absolute atomic E-state index is 12.3. The molecule has 0 heterocycles. The fraction of sp³-hybridized carbons (Fsp3) is 0.500. The molecule has 0 unspecified atom stereocenters. The fourth-order valence-corrected chi connectivity index (χ4v) is 2.00. The number of halogens is 4. The summed E-state index contributed by atoms with van der Waals surface area (Å²) in [5.74, 6) is 0.351. The number of nitrogens with one attached hydrogen (secondary N) is 2. The number of rotatable bonds is 7. The van der Waals surface area contributed by atoms with Gasteiger partial charge in [0.05, 0.1) is 13.2 Å². The molecule has 2 N–H and O–H groups in total. The number of para-hydroxylation sites is 1. The number of benzene rings is 1. The van der Waals surface area contributed by atoms with Gasteiger partial charge >= 0.3 is 6.18 Å². The van der Waals surface area contributed by atoms with Crippen LogP contribution in [0.4, 0.5) is 13.2 Å². The summed E-state index contributed by atoms with van der Waals surface area (Å²) in [6.07, 6.45) is -4.42. The number of nitrogens with zero attached hydrogens (tertiary/aromatic N) is 2. The van der Waals surface area contributed by atoms with Gasteiger partial charge in [-0.25, -0.2) is 0 Å². The van der Waals surface area contributed by atoms with E-state index in [0.29, 0.717) is 24.0 Å². The Kier molecular flexibility index (Phi) is 11.0. The van der Waals surface area contributed by atoms with Crippen molar-refractivity contribution in [2.45, 2.75) is 19.6 Å². The quantitative estimate of drug-likeness (QED) is 0.352. The lowest BCUT2D eigenvalue weighted by molar-refractivity contribution is -0.157. The molecule has 0 radical (unpaired) electrons. The predicted octanol–water partition coefficient (Wildman–Crippen LogP) is 2.39. The molecule has 6 nitrogen and oxygen atoms in total. The van der Waals surface area contributed by atoms with Gasteiger partial charge in [-0.3, -0.25) is 9.79 Å². The Bertz CT molecular complexity index is 597. The van der Waals surface area contributed by atoms with E-state index in [-0.39, 0.29) is 30.5 Å². The van der Waals surface area contributed by atoms with Crippen LogP contribution in [-0.2, 0) is 11.3 Å². The second-order valence-electron chi connectivity index (χ2n) is 5.19. The van der Waals surface area contributed by atoms with E-state index >= 15 is 0 Å². The van der Waals surface area contributed by atoms with Gasteiger partial charge in [-0.1, -0.05) is 18.2 Å². The molecule has 0 spiro atoms. The number of ether oxygens (including phenoxy) is 1. The van der Waals surface area contributed by atoms with E-state index in [1.807, 2.05) is 31.2 Å². The van der Waals surface area contributed by atoms with E-state index in [0.717, 1.165) is 18.4 Å². The molecule has 0 fully saturated rings. The minimum absolute atomic E-state index is 0. The molecular formula is C16H24F3IN4O2. The van der Waals surface area contributed by atoms with Crippen LogP contribution >= 0.6 is 24.0 Å². The van der Waals surface area contributed by atoms with Crippen molar-refractivity contribution in [1.82, 2.24) is 15.5 Å². The van der Waals surface area contributed by atoms with Crippen LogP contribution in [0.15, 0.2) is 29.3 Å². The molecule has 0 bridgehead atoms. The zero-order valence-corrected chi connectivity index (χ0v) is 17.2. The van der Waals surface area contributed by atoms with Crippen LogP contribution < -0.4 is 15.4 Å². The molecule has 0 atom stereocenters. The third-order valence-electron chi connectivity index (χ3n) is 3.19. The van der Waals surface area contributed by atoms with E-state index in [9.17, 15) is 18.0 Å². The van der Waals surface area contributed by atoms with Crippen LogP contribution in [0.2, 0.25) is 0 Å². The second kappa shape index (κ2) is 11.8. The minimum Gasteiger partial charge on any atom is -0.494 e. The first-order chi connectivity index (χ1) is 11.8. The Hall–Kier alpha value is -1.72. The van der Waals surface area contributed by atoms with Crippen molar-refractivity contribution in [3.8, 4) is 5.75 Å². The molecule has 0 saturated carbocycles. The highest BCUT2D eigenvalue weighted by Gasteiger charge is 2.31. The highest BCUT2D eigenvalue weighted by atomic mass is 127. The molecule has 26 heavy (non-hydrogen) atoms. The number of aliphatic imine (C=N–C) groups is 1. The van der Waals surface area contributed by atoms with Crippen molar-refractivity contribution in [2.24, 2.45) is 4.99 Å². The number of guanidine groups is 1. The van der Waals surface area contributed by atoms with Gasteiger partial charge in [0.1, 0.15) is 12.3 Å². The van der Waals surface area contributed by atoms with E-state index in [4.69, 9.17) is 4.74 Å². The SMILES string of the molecule is CCOc1ccccc1CNC(=NC)NCC(=O)N(C)CC(F)(F)F.I. The van der Waals surface area contributed by atoms with Crippen LogP contribution in [0, 0.1) is 0 Å². The largest absolute Gasteiger partial charge is 0.494 e. The summed E-state index contributed by atoms with van der Waals surface area (Å²) in [4.78, 5) is 16.3. The molecule has 0 aromatic heterocycles. The van der Waals surface area contributed by atoms with E-state index in [1.165, 1.54) is 7.05 Å². The van der Waals surface area contributed by atoms with Crippen molar-refractivity contribution in [3.63, 3.8) is 0 Å². The lowest BCUT2D eigenvalue weighted by atomic mass is 10.2. The van der Waals surface area contributed by atoms with Gasteiger partial charge in [0.15, 0.2) is 5.96 Å². The fourth-order valence-electron chi connectivity index (χ4n) is 2.00. The molecule has 1 aromatic carbocycles. The zero-order chi connectivity index (χ0) is 18.9. The summed E-state index contributed by atoms with van der Waals surface area (Å²) >= 11 is 0. The number of hydrogen-bond donors (Lipinski definition) is 2. The standard InChI is InChI=1S/C16H23F3N4O2.HI/c1-4-25-13-8-6-5-7-12(13)9-21-15(20-2)22-10-14(24)23(3)11-16(17,18)19;/h5-8H,4,9-11H2,1-3H3,(H2,20,21,22);1H. The third-order valence-corrected chi connectivity index (χ3v) is 3.19. The molecule has 0 aliphatic rings. The molecule has 148 valence electrons. The highest BCUT2D eigenvalue weighted by molar-refractivity contribution is 14.0. The smallest absolute Gasteiger partial charge is 0.406 e. The van der Waals surface area contributed by atoms with E-state index in [2.05, 4.69) is 15.6 Å².